The maximum atomic E-state index is 6.06. The summed E-state index contributed by atoms with van der Waals surface area (Å²) in [6.45, 7) is 3.59. The van der Waals surface area contributed by atoms with Crippen molar-refractivity contribution in [2.75, 3.05) is 44.9 Å². The molecule has 0 aliphatic carbocycles. The maximum absolute atomic E-state index is 6.06. The zero-order valence-corrected chi connectivity index (χ0v) is 14.6. The van der Waals surface area contributed by atoms with E-state index in [4.69, 9.17) is 16.3 Å². The first kappa shape index (κ1) is 17.3. The number of nitrogens with zero attached hydrogens (tertiary/aromatic N) is 3. The van der Waals surface area contributed by atoms with Crippen LogP contribution in [0.4, 0.5) is 17.3 Å². The number of aryl methyl sites for hydroxylation is 1. The van der Waals surface area contributed by atoms with E-state index in [0.717, 1.165) is 24.6 Å². The highest BCUT2D eigenvalue weighted by Crippen LogP contribution is 2.30. The molecule has 2 N–H and O–H groups in total. The van der Waals surface area contributed by atoms with Crippen LogP contribution in [0.1, 0.15) is 5.82 Å². The zero-order valence-electron chi connectivity index (χ0n) is 13.9. The van der Waals surface area contributed by atoms with E-state index in [0.29, 0.717) is 22.4 Å². The minimum absolute atomic E-state index is 0.628. The Morgan fingerprint density at radius 3 is 2.61 bits per heavy atom. The molecule has 2 aromatic rings. The quantitative estimate of drug-likeness (QED) is 0.810. The largest absolute Gasteiger partial charge is 0.495 e. The molecule has 0 spiro atoms. The summed E-state index contributed by atoms with van der Waals surface area (Å²) in [5.41, 5.74) is 0.761. The highest BCUT2D eigenvalue weighted by atomic mass is 35.5. The van der Waals surface area contributed by atoms with Crippen LogP contribution >= 0.6 is 11.6 Å². The molecule has 6 nitrogen and oxygen atoms in total. The van der Waals surface area contributed by atoms with Gasteiger partial charge in [0.1, 0.15) is 23.2 Å². The van der Waals surface area contributed by atoms with Gasteiger partial charge < -0.3 is 20.3 Å². The van der Waals surface area contributed by atoms with E-state index in [1.807, 2.05) is 33.2 Å². The van der Waals surface area contributed by atoms with Crippen LogP contribution in [0, 0.1) is 6.92 Å². The van der Waals surface area contributed by atoms with Gasteiger partial charge in [-0.2, -0.15) is 0 Å². The van der Waals surface area contributed by atoms with Gasteiger partial charge in [-0.25, -0.2) is 9.97 Å². The normalized spacial score (nSPS) is 10.7. The molecule has 1 aromatic carbocycles. The molecule has 0 saturated carbocycles. The average molecular weight is 336 g/mol. The Balaban J connectivity index is 2.17. The summed E-state index contributed by atoms with van der Waals surface area (Å²) in [4.78, 5) is 10.9. The molecule has 2 rings (SSSR count). The van der Waals surface area contributed by atoms with Crippen LogP contribution in [0.15, 0.2) is 24.3 Å². The fourth-order valence-corrected chi connectivity index (χ4v) is 2.22. The summed E-state index contributed by atoms with van der Waals surface area (Å²) in [6, 6.07) is 7.26. The highest BCUT2D eigenvalue weighted by molar-refractivity contribution is 6.31. The standard InChI is InChI=1S/C16H22ClN5O/c1-11-19-15(18-7-8-22(2)3)10-16(20-11)21-13-9-12(17)5-6-14(13)23-4/h5-6,9-10H,7-8H2,1-4H3,(H2,18,19,20,21). The number of nitrogens with one attached hydrogen (secondary N) is 2. The fraction of sp³-hybridized carbons (Fsp3) is 0.375. The number of rotatable bonds is 7. The van der Waals surface area contributed by atoms with Crippen molar-refractivity contribution < 1.29 is 4.74 Å². The Bertz CT molecular complexity index is 663. The summed E-state index contributed by atoms with van der Waals surface area (Å²) in [7, 11) is 5.69. The van der Waals surface area contributed by atoms with Crippen molar-refractivity contribution in [3.63, 3.8) is 0 Å². The van der Waals surface area contributed by atoms with E-state index >= 15 is 0 Å². The monoisotopic (exact) mass is 335 g/mol. The van der Waals surface area contributed by atoms with Gasteiger partial charge in [0.15, 0.2) is 0 Å². The Labute approximate surface area is 141 Å². The summed E-state index contributed by atoms with van der Waals surface area (Å²) >= 11 is 6.06. The molecule has 1 aromatic heterocycles. The minimum Gasteiger partial charge on any atom is -0.495 e. The van der Waals surface area contributed by atoms with Gasteiger partial charge in [-0.15, -0.1) is 0 Å². The number of benzene rings is 1. The molecule has 7 heteroatoms. The average Bonchev–Trinajstić information content (AvgIpc) is 2.46. The molecule has 23 heavy (non-hydrogen) atoms. The second-order valence-corrected chi connectivity index (χ2v) is 5.82. The Hall–Kier alpha value is -2.05. The molecule has 0 fully saturated rings. The number of hydrogen-bond acceptors (Lipinski definition) is 6. The van der Waals surface area contributed by atoms with Crippen LogP contribution in [-0.2, 0) is 0 Å². The molecule has 0 aliphatic heterocycles. The van der Waals surface area contributed by atoms with E-state index in [-0.39, 0.29) is 0 Å². The van der Waals surface area contributed by atoms with E-state index in [1.165, 1.54) is 0 Å². The van der Waals surface area contributed by atoms with Gasteiger partial charge in [0.05, 0.1) is 12.8 Å². The van der Waals surface area contributed by atoms with E-state index in [1.54, 1.807) is 19.2 Å². The van der Waals surface area contributed by atoms with Crippen LogP contribution in [0.2, 0.25) is 5.02 Å². The van der Waals surface area contributed by atoms with Crippen molar-refractivity contribution in [2.45, 2.75) is 6.92 Å². The smallest absolute Gasteiger partial charge is 0.142 e. The number of hydrogen-bond donors (Lipinski definition) is 2. The maximum Gasteiger partial charge on any atom is 0.142 e. The van der Waals surface area contributed by atoms with Crippen molar-refractivity contribution in [1.29, 1.82) is 0 Å². The lowest BCUT2D eigenvalue weighted by Crippen LogP contribution is -2.21. The topological polar surface area (TPSA) is 62.3 Å². The lowest BCUT2D eigenvalue weighted by molar-refractivity contribution is 0.417. The number of anilines is 3. The first-order chi connectivity index (χ1) is 11.0. The Morgan fingerprint density at radius 1 is 1.17 bits per heavy atom. The second-order valence-electron chi connectivity index (χ2n) is 5.39. The van der Waals surface area contributed by atoms with E-state index in [9.17, 15) is 0 Å². The van der Waals surface area contributed by atoms with Crippen LogP contribution in [0.25, 0.3) is 0 Å². The molecular weight excluding hydrogens is 314 g/mol. The number of aromatic nitrogens is 2. The lowest BCUT2D eigenvalue weighted by Gasteiger charge is -2.14. The third-order valence-corrected chi connectivity index (χ3v) is 3.36. The Kier molecular flexibility index (Phi) is 6.01. The van der Waals surface area contributed by atoms with Gasteiger partial charge in [0.25, 0.3) is 0 Å². The summed E-state index contributed by atoms with van der Waals surface area (Å²) in [5, 5.41) is 7.15. The van der Waals surface area contributed by atoms with Gasteiger partial charge in [0.2, 0.25) is 0 Å². The third kappa shape index (κ3) is 5.26. The van der Waals surface area contributed by atoms with Gasteiger partial charge in [-0.05, 0) is 39.2 Å². The highest BCUT2D eigenvalue weighted by Gasteiger charge is 2.07. The number of ether oxygens (including phenoxy) is 1. The van der Waals surface area contributed by atoms with Crippen LogP contribution in [-0.4, -0.2) is 49.2 Å². The predicted octanol–water partition coefficient (Wildman–Crippen LogP) is 3.16. The Morgan fingerprint density at radius 2 is 1.91 bits per heavy atom. The van der Waals surface area contributed by atoms with Gasteiger partial charge >= 0.3 is 0 Å². The van der Waals surface area contributed by atoms with E-state index < -0.39 is 0 Å². The van der Waals surface area contributed by atoms with Crippen LogP contribution in [0.3, 0.4) is 0 Å². The first-order valence-electron chi connectivity index (χ1n) is 7.33. The predicted molar refractivity (Wildman–Crippen MR) is 95.1 cm³/mol. The molecule has 0 atom stereocenters. The molecule has 0 radical (unpaired) electrons. The molecule has 0 unspecified atom stereocenters. The number of likely N-dealkylation sites (N-methyl/N-ethyl adjacent to an activating group) is 1. The van der Waals surface area contributed by atoms with Crippen molar-refractivity contribution in [3.8, 4) is 5.75 Å². The van der Waals surface area contributed by atoms with Gasteiger partial charge in [-0.3, -0.25) is 0 Å². The summed E-state index contributed by atoms with van der Waals surface area (Å²) in [5.74, 6) is 2.85. The van der Waals surface area contributed by atoms with Crippen LogP contribution in [0.5, 0.6) is 5.75 Å². The molecule has 1 heterocycles. The van der Waals surface area contributed by atoms with Crippen molar-refractivity contribution in [2.24, 2.45) is 0 Å². The molecule has 0 amide bonds. The zero-order chi connectivity index (χ0) is 16.8. The second kappa shape index (κ2) is 7.99. The lowest BCUT2D eigenvalue weighted by atomic mass is 10.3. The third-order valence-electron chi connectivity index (χ3n) is 3.13. The molecule has 0 saturated heterocycles. The van der Waals surface area contributed by atoms with Gasteiger partial charge in [0, 0.05) is 24.2 Å². The van der Waals surface area contributed by atoms with Crippen molar-refractivity contribution in [1.82, 2.24) is 14.9 Å². The number of halogens is 1. The van der Waals surface area contributed by atoms with Crippen molar-refractivity contribution in [3.05, 3.63) is 35.1 Å². The molecule has 0 aliphatic rings. The van der Waals surface area contributed by atoms with Gasteiger partial charge in [-0.1, -0.05) is 11.6 Å². The summed E-state index contributed by atoms with van der Waals surface area (Å²) in [6.07, 6.45) is 0. The summed E-state index contributed by atoms with van der Waals surface area (Å²) < 4.78 is 5.34. The SMILES string of the molecule is COc1ccc(Cl)cc1Nc1cc(NCCN(C)C)nc(C)n1. The molecule has 0 bridgehead atoms. The number of methoxy groups -OCH3 is 1. The van der Waals surface area contributed by atoms with E-state index in [2.05, 4.69) is 25.5 Å². The molecule has 124 valence electrons. The molecular formula is C16H22ClN5O. The van der Waals surface area contributed by atoms with Crippen LogP contribution < -0.4 is 15.4 Å². The minimum atomic E-state index is 0.628. The first-order valence-corrected chi connectivity index (χ1v) is 7.70. The fourth-order valence-electron chi connectivity index (χ4n) is 2.05. The van der Waals surface area contributed by atoms with Crippen molar-refractivity contribution >= 4 is 28.9 Å².